The number of hydrogen-bond donors (Lipinski definition) is 1. The summed E-state index contributed by atoms with van der Waals surface area (Å²) in [6.45, 7) is 2.55. The van der Waals surface area contributed by atoms with Gasteiger partial charge in [0.2, 0.25) is 0 Å². The van der Waals surface area contributed by atoms with E-state index in [1.807, 2.05) is 31.2 Å². The van der Waals surface area contributed by atoms with Crippen LogP contribution in [-0.2, 0) is 6.54 Å². The van der Waals surface area contributed by atoms with E-state index < -0.39 is 5.97 Å². The molecule has 0 spiro atoms. The number of hydrogen-bond acceptors (Lipinski definition) is 4. The molecule has 0 fully saturated rings. The van der Waals surface area contributed by atoms with E-state index in [0.29, 0.717) is 29.7 Å². The second-order valence-corrected chi connectivity index (χ2v) is 6.58. The number of aromatic nitrogens is 2. The fraction of sp³-hybridized carbons (Fsp3) is 0.190. The van der Waals surface area contributed by atoms with Crippen LogP contribution in [0.25, 0.3) is 22.6 Å². The van der Waals surface area contributed by atoms with Crippen LogP contribution in [0, 0.1) is 6.92 Å². The minimum Gasteiger partial charge on any atom is -0.496 e. The Morgan fingerprint density at radius 3 is 2.78 bits per heavy atom. The fourth-order valence-corrected chi connectivity index (χ4v) is 3.48. The van der Waals surface area contributed by atoms with Gasteiger partial charge in [-0.15, -0.1) is 0 Å². The van der Waals surface area contributed by atoms with Crippen LogP contribution in [-0.4, -0.2) is 27.7 Å². The van der Waals surface area contributed by atoms with E-state index >= 15 is 0 Å². The Morgan fingerprint density at radius 1 is 1.26 bits per heavy atom. The number of carbonyl (C=O) groups is 1. The molecule has 0 saturated carbocycles. The summed E-state index contributed by atoms with van der Waals surface area (Å²) in [5.41, 5.74) is 3.38. The molecule has 1 aromatic heterocycles. The summed E-state index contributed by atoms with van der Waals surface area (Å²) in [6, 6.07) is 10.3. The quantitative estimate of drug-likeness (QED) is 0.773. The molecule has 6 nitrogen and oxygen atoms in total. The third-order valence-electron chi connectivity index (χ3n) is 4.85. The lowest BCUT2D eigenvalue weighted by Crippen LogP contribution is -2.21. The molecule has 3 aromatic rings. The van der Waals surface area contributed by atoms with Gasteiger partial charge in [0.1, 0.15) is 11.6 Å². The molecule has 1 N–H and O–H groups in total. The number of allylic oxidation sites excluding steroid dienone is 1. The smallest absolute Gasteiger partial charge is 0.335 e. The van der Waals surface area contributed by atoms with Gasteiger partial charge in [-0.3, -0.25) is 9.36 Å². The van der Waals surface area contributed by atoms with E-state index in [0.717, 1.165) is 22.4 Å². The lowest BCUT2D eigenvalue weighted by molar-refractivity contribution is 0.0697. The maximum atomic E-state index is 12.8. The van der Waals surface area contributed by atoms with Gasteiger partial charge in [-0.1, -0.05) is 6.07 Å². The average molecular weight is 362 g/mol. The van der Waals surface area contributed by atoms with Crippen LogP contribution < -0.4 is 10.3 Å². The fourth-order valence-electron chi connectivity index (χ4n) is 3.48. The monoisotopic (exact) mass is 362 g/mol. The van der Waals surface area contributed by atoms with Crippen LogP contribution in [0.3, 0.4) is 0 Å². The van der Waals surface area contributed by atoms with Crippen molar-refractivity contribution in [2.75, 3.05) is 7.11 Å². The third kappa shape index (κ3) is 2.89. The summed E-state index contributed by atoms with van der Waals surface area (Å²) >= 11 is 0. The van der Waals surface area contributed by atoms with Gasteiger partial charge in [0.25, 0.3) is 5.56 Å². The summed E-state index contributed by atoms with van der Waals surface area (Å²) < 4.78 is 6.95. The zero-order valence-electron chi connectivity index (χ0n) is 15.0. The third-order valence-corrected chi connectivity index (χ3v) is 4.85. The molecule has 27 heavy (non-hydrogen) atoms. The molecule has 6 heteroatoms. The number of carboxylic acids is 1. The number of fused-ring (bicyclic) bond motifs is 2. The Labute approximate surface area is 155 Å². The Hall–Kier alpha value is -3.41. The van der Waals surface area contributed by atoms with Crippen LogP contribution in [0.1, 0.15) is 33.7 Å². The van der Waals surface area contributed by atoms with E-state index in [1.165, 1.54) is 18.2 Å². The number of methoxy groups -OCH3 is 1. The minimum absolute atomic E-state index is 0.119. The van der Waals surface area contributed by atoms with Crippen LogP contribution in [0.5, 0.6) is 5.75 Å². The number of aromatic carboxylic acids is 1. The van der Waals surface area contributed by atoms with Crippen LogP contribution in [0.4, 0.5) is 0 Å². The molecule has 136 valence electrons. The van der Waals surface area contributed by atoms with Gasteiger partial charge < -0.3 is 9.84 Å². The largest absolute Gasteiger partial charge is 0.496 e. The molecule has 0 aliphatic carbocycles. The lowest BCUT2D eigenvalue weighted by atomic mass is 10.1. The predicted molar refractivity (Wildman–Crippen MR) is 103 cm³/mol. The Bertz CT molecular complexity index is 1170. The van der Waals surface area contributed by atoms with Crippen molar-refractivity contribution in [2.45, 2.75) is 19.9 Å². The van der Waals surface area contributed by atoms with E-state index in [2.05, 4.69) is 4.98 Å². The maximum absolute atomic E-state index is 12.8. The molecule has 1 aliphatic heterocycles. The second kappa shape index (κ2) is 6.39. The topological polar surface area (TPSA) is 81.4 Å². The van der Waals surface area contributed by atoms with Gasteiger partial charge in [-0.2, -0.15) is 0 Å². The van der Waals surface area contributed by atoms with Gasteiger partial charge in [-0.25, -0.2) is 9.78 Å². The van der Waals surface area contributed by atoms with Gasteiger partial charge >= 0.3 is 5.97 Å². The summed E-state index contributed by atoms with van der Waals surface area (Å²) in [7, 11) is 1.64. The Balaban J connectivity index is 1.85. The lowest BCUT2D eigenvalue weighted by Gasteiger charge is -2.07. The first-order valence-electron chi connectivity index (χ1n) is 8.61. The highest BCUT2D eigenvalue weighted by molar-refractivity contribution is 5.93. The highest BCUT2D eigenvalue weighted by Gasteiger charge is 2.21. The standard InChI is InChI=1S/C21H18N2O4/c1-12-9-13(3-6-18(12)27-2)10-14-7-8-23-19(14)22-17-11-15(21(25)26)4-5-16(17)20(23)24/h3-6,9-11H,7-8H2,1-2H3,(H,25,26). The zero-order valence-corrected chi connectivity index (χ0v) is 15.0. The number of benzene rings is 2. The molecule has 0 radical (unpaired) electrons. The maximum Gasteiger partial charge on any atom is 0.335 e. The normalized spacial score (nSPS) is 14.5. The summed E-state index contributed by atoms with van der Waals surface area (Å²) in [6.07, 6.45) is 2.72. The van der Waals surface area contributed by atoms with Crippen molar-refractivity contribution in [3.8, 4) is 5.75 Å². The van der Waals surface area contributed by atoms with Crippen molar-refractivity contribution in [3.05, 3.63) is 69.3 Å². The molecule has 0 bridgehead atoms. The Morgan fingerprint density at radius 2 is 2.07 bits per heavy atom. The minimum atomic E-state index is -1.04. The van der Waals surface area contributed by atoms with Crippen LogP contribution in [0.2, 0.25) is 0 Å². The first kappa shape index (κ1) is 17.0. The highest BCUT2D eigenvalue weighted by Crippen LogP contribution is 2.29. The van der Waals surface area contributed by atoms with Gasteiger partial charge in [0.05, 0.1) is 23.6 Å². The van der Waals surface area contributed by atoms with Crippen molar-refractivity contribution >= 4 is 28.5 Å². The first-order chi connectivity index (χ1) is 13.0. The molecule has 0 unspecified atom stereocenters. The van der Waals surface area contributed by atoms with Gasteiger partial charge in [0.15, 0.2) is 0 Å². The van der Waals surface area contributed by atoms with E-state index in [4.69, 9.17) is 4.74 Å². The first-order valence-corrected chi connectivity index (χ1v) is 8.61. The molecule has 2 heterocycles. The van der Waals surface area contributed by atoms with Crippen LogP contribution in [0.15, 0.2) is 41.2 Å². The number of nitrogens with zero attached hydrogens (tertiary/aromatic N) is 2. The average Bonchev–Trinajstić information content (AvgIpc) is 3.04. The summed E-state index contributed by atoms with van der Waals surface area (Å²) in [4.78, 5) is 28.6. The van der Waals surface area contributed by atoms with E-state index in [9.17, 15) is 14.7 Å². The molecule has 0 amide bonds. The number of carboxylic acid groups (broad SMARTS) is 1. The van der Waals surface area contributed by atoms with Gasteiger partial charge in [0, 0.05) is 6.54 Å². The van der Waals surface area contributed by atoms with Crippen molar-refractivity contribution in [1.82, 2.24) is 9.55 Å². The van der Waals surface area contributed by atoms with Gasteiger partial charge in [-0.05, 0) is 66.5 Å². The van der Waals surface area contributed by atoms with Crippen molar-refractivity contribution in [1.29, 1.82) is 0 Å². The number of rotatable bonds is 3. The molecule has 4 rings (SSSR count). The molecular weight excluding hydrogens is 344 g/mol. The number of aryl methyl sites for hydroxylation is 1. The van der Waals surface area contributed by atoms with Crippen molar-refractivity contribution < 1.29 is 14.6 Å². The van der Waals surface area contributed by atoms with Crippen LogP contribution >= 0.6 is 0 Å². The molecule has 0 atom stereocenters. The summed E-state index contributed by atoms with van der Waals surface area (Å²) in [5, 5.41) is 9.63. The molecule has 0 saturated heterocycles. The van der Waals surface area contributed by atoms with Crippen molar-refractivity contribution in [3.63, 3.8) is 0 Å². The molecule has 2 aromatic carbocycles. The van der Waals surface area contributed by atoms with E-state index in [-0.39, 0.29) is 11.1 Å². The second-order valence-electron chi connectivity index (χ2n) is 6.58. The highest BCUT2D eigenvalue weighted by atomic mass is 16.5. The predicted octanol–water partition coefficient (Wildman–Crippen LogP) is 3.36. The SMILES string of the molecule is COc1ccc(C=C2CCn3c2nc2cc(C(=O)O)ccc2c3=O)cc1C. The Kier molecular flexibility index (Phi) is 4.03. The molecule has 1 aliphatic rings. The van der Waals surface area contributed by atoms with Crippen molar-refractivity contribution in [2.24, 2.45) is 0 Å². The number of ether oxygens (including phenoxy) is 1. The van der Waals surface area contributed by atoms with E-state index in [1.54, 1.807) is 11.7 Å². The molecular formula is C21H18N2O4. The summed E-state index contributed by atoms with van der Waals surface area (Å²) in [5.74, 6) is 0.387. The zero-order chi connectivity index (χ0) is 19.1.